The molecule has 1 aromatic heterocycles. The van der Waals surface area contributed by atoms with E-state index in [2.05, 4.69) is 15.5 Å². The van der Waals surface area contributed by atoms with Crippen LogP contribution >= 0.6 is 0 Å². The standard InChI is InChI=1S/C24H28N4O3S/c1-18-10-11-19(16-23(18)32(29,30)28-14-6-3-7-15-28)21-12-13-24(27-26-21)25-17-20-8-4-5-9-22(20)31-2/h4-5,8-13,16H,3,6-7,14-15,17H2,1-2H3,(H,25,27). The molecular weight excluding hydrogens is 424 g/mol. The lowest BCUT2D eigenvalue weighted by Crippen LogP contribution is -2.35. The SMILES string of the molecule is COc1ccccc1CNc1ccc(-c2ccc(C)c(S(=O)(=O)N3CCCCC3)c2)nn1. The minimum absolute atomic E-state index is 0.345. The quantitative estimate of drug-likeness (QED) is 0.577. The van der Waals surface area contributed by atoms with Crippen molar-refractivity contribution in [3.63, 3.8) is 0 Å². The summed E-state index contributed by atoms with van der Waals surface area (Å²) in [7, 11) is -1.87. The van der Waals surface area contributed by atoms with Crippen molar-refractivity contribution in [2.45, 2.75) is 37.6 Å². The first-order chi connectivity index (χ1) is 15.5. The minimum atomic E-state index is -3.52. The number of para-hydroxylation sites is 1. The first-order valence-corrected chi connectivity index (χ1v) is 12.2. The molecule has 1 N–H and O–H groups in total. The zero-order valence-electron chi connectivity index (χ0n) is 18.4. The second-order valence-corrected chi connectivity index (χ2v) is 9.82. The van der Waals surface area contributed by atoms with Crippen LogP contribution in [0, 0.1) is 6.92 Å². The largest absolute Gasteiger partial charge is 0.496 e. The summed E-state index contributed by atoms with van der Waals surface area (Å²) in [4.78, 5) is 0.345. The fraction of sp³-hybridized carbons (Fsp3) is 0.333. The fourth-order valence-corrected chi connectivity index (χ4v) is 5.66. The van der Waals surface area contributed by atoms with Gasteiger partial charge in [-0.05, 0) is 49.6 Å². The van der Waals surface area contributed by atoms with Crippen molar-refractivity contribution < 1.29 is 13.2 Å². The van der Waals surface area contributed by atoms with Gasteiger partial charge in [0, 0.05) is 30.8 Å². The second-order valence-electron chi connectivity index (χ2n) is 7.91. The Balaban J connectivity index is 1.52. The highest BCUT2D eigenvalue weighted by Crippen LogP contribution is 2.28. The first kappa shape index (κ1) is 22.2. The van der Waals surface area contributed by atoms with E-state index >= 15 is 0 Å². The number of benzene rings is 2. The predicted molar refractivity (Wildman–Crippen MR) is 125 cm³/mol. The molecule has 32 heavy (non-hydrogen) atoms. The maximum absolute atomic E-state index is 13.2. The Hall–Kier alpha value is -2.97. The molecule has 2 heterocycles. The predicted octanol–water partition coefficient (Wildman–Crippen LogP) is 4.25. The smallest absolute Gasteiger partial charge is 0.243 e. The number of sulfonamides is 1. The Kier molecular flexibility index (Phi) is 6.72. The molecule has 1 saturated heterocycles. The lowest BCUT2D eigenvalue weighted by Gasteiger charge is -2.26. The normalized spacial score (nSPS) is 14.8. The van der Waals surface area contributed by atoms with Gasteiger partial charge in [-0.25, -0.2) is 8.42 Å². The molecular formula is C24H28N4O3S. The molecule has 0 aliphatic carbocycles. The monoisotopic (exact) mass is 452 g/mol. The van der Waals surface area contributed by atoms with Crippen molar-refractivity contribution in [2.24, 2.45) is 0 Å². The summed E-state index contributed by atoms with van der Waals surface area (Å²) < 4.78 is 33.3. The van der Waals surface area contributed by atoms with Gasteiger partial charge in [0.1, 0.15) is 11.6 Å². The summed E-state index contributed by atoms with van der Waals surface area (Å²) in [6.07, 6.45) is 2.90. The minimum Gasteiger partial charge on any atom is -0.496 e. The van der Waals surface area contributed by atoms with Crippen molar-refractivity contribution in [3.8, 4) is 17.0 Å². The number of aryl methyl sites for hydroxylation is 1. The van der Waals surface area contributed by atoms with Gasteiger partial charge in [0.25, 0.3) is 0 Å². The van der Waals surface area contributed by atoms with Gasteiger partial charge < -0.3 is 10.1 Å². The number of ether oxygens (including phenoxy) is 1. The molecule has 0 spiro atoms. The molecule has 1 aliphatic heterocycles. The molecule has 0 radical (unpaired) electrons. The number of methoxy groups -OCH3 is 1. The molecule has 1 aliphatic rings. The highest BCUT2D eigenvalue weighted by Gasteiger charge is 2.27. The summed E-state index contributed by atoms with van der Waals surface area (Å²) in [6.45, 7) is 3.55. The number of rotatable bonds is 7. The van der Waals surface area contributed by atoms with E-state index in [4.69, 9.17) is 4.74 Å². The maximum atomic E-state index is 13.2. The van der Waals surface area contributed by atoms with Crippen molar-refractivity contribution >= 4 is 15.8 Å². The number of nitrogens with zero attached hydrogens (tertiary/aromatic N) is 3. The number of hydrogen-bond donors (Lipinski definition) is 1. The molecule has 2 aromatic carbocycles. The van der Waals surface area contributed by atoms with Crippen LogP contribution in [0.15, 0.2) is 59.5 Å². The van der Waals surface area contributed by atoms with Crippen LogP contribution in [0.25, 0.3) is 11.3 Å². The Bertz CT molecular complexity index is 1170. The zero-order chi connectivity index (χ0) is 22.6. The molecule has 0 saturated carbocycles. The van der Waals surface area contributed by atoms with Gasteiger partial charge in [-0.3, -0.25) is 0 Å². The highest BCUT2D eigenvalue weighted by molar-refractivity contribution is 7.89. The van der Waals surface area contributed by atoms with Gasteiger partial charge in [0.05, 0.1) is 17.7 Å². The Morgan fingerprint density at radius 1 is 1.00 bits per heavy atom. The lowest BCUT2D eigenvalue weighted by atomic mass is 10.1. The molecule has 1 fully saturated rings. The van der Waals surface area contributed by atoms with Crippen LogP contribution in [0.5, 0.6) is 5.75 Å². The highest BCUT2D eigenvalue weighted by atomic mass is 32.2. The number of piperidine rings is 1. The van der Waals surface area contributed by atoms with Gasteiger partial charge in [-0.2, -0.15) is 4.31 Å². The summed E-state index contributed by atoms with van der Waals surface area (Å²) in [6, 6.07) is 16.9. The van der Waals surface area contributed by atoms with E-state index in [1.165, 1.54) is 0 Å². The zero-order valence-corrected chi connectivity index (χ0v) is 19.2. The molecule has 8 heteroatoms. The van der Waals surface area contributed by atoms with Crippen LogP contribution in [0.3, 0.4) is 0 Å². The van der Waals surface area contributed by atoms with E-state index in [0.717, 1.165) is 41.7 Å². The molecule has 168 valence electrons. The van der Waals surface area contributed by atoms with E-state index in [-0.39, 0.29) is 0 Å². The van der Waals surface area contributed by atoms with Crippen molar-refractivity contribution in [1.82, 2.24) is 14.5 Å². The third kappa shape index (κ3) is 4.76. The molecule has 0 atom stereocenters. The maximum Gasteiger partial charge on any atom is 0.243 e. The Morgan fingerprint density at radius 2 is 1.78 bits per heavy atom. The Morgan fingerprint density at radius 3 is 2.50 bits per heavy atom. The second kappa shape index (κ2) is 9.67. The van der Waals surface area contributed by atoms with Gasteiger partial charge in [-0.15, -0.1) is 10.2 Å². The molecule has 0 amide bonds. The van der Waals surface area contributed by atoms with Crippen molar-refractivity contribution in [3.05, 3.63) is 65.7 Å². The van der Waals surface area contributed by atoms with Crippen LogP contribution < -0.4 is 10.1 Å². The molecule has 7 nitrogen and oxygen atoms in total. The van der Waals surface area contributed by atoms with Gasteiger partial charge >= 0.3 is 0 Å². The topological polar surface area (TPSA) is 84.4 Å². The summed E-state index contributed by atoms with van der Waals surface area (Å²) in [5.41, 5.74) is 3.12. The lowest BCUT2D eigenvalue weighted by molar-refractivity contribution is 0.346. The summed E-state index contributed by atoms with van der Waals surface area (Å²) >= 11 is 0. The fourth-order valence-electron chi connectivity index (χ4n) is 3.90. The average molecular weight is 453 g/mol. The number of anilines is 1. The van der Waals surface area contributed by atoms with Gasteiger partial charge in [0.2, 0.25) is 10.0 Å². The average Bonchev–Trinajstić information content (AvgIpc) is 2.84. The summed E-state index contributed by atoms with van der Waals surface area (Å²) in [5, 5.41) is 11.8. The molecule has 0 bridgehead atoms. The van der Waals surface area contributed by atoms with Crippen LogP contribution in [-0.4, -0.2) is 43.1 Å². The third-order valence-electron chi connectivity index (χ3n) is 5.73. The third-order valence-corrected chi connectivity index (χ3v) is 7.77. The molecule has 0 unspecified atom stereocenters. The molecule has 4 rings (SSSR count). The van der Waals surface area contributed by atoms with E-state index in [1.807, 2.05) is 55.5 Å². The first-order valence-electron chi connectivity index (χ1n) is 10.8. The molecule has 3 aromatic rings. The van der Waals surface area contributed by atoms with E-state index in [0.29, 0.717) is 36.0 Å². The van der Waals surface area contributed by atoms with Crippen LogP contribution in [0.1, 0.15) is 30.4 Å². The van der Waals surface area contributed by atoms with Crippen LogP contribution in [0.4, 0.5) is 5.82 Å². The van der Waals surface area contributed by atoms with Crippen LogP contribution in [-0.2, 0) is 16.6 Å². The van der Waals surface area contributed by atoms with Crippen molar-refractivity contribution in [1.29, 1.82) is 0 Å². The Labute approximate surface area is 189 Å². The summed E-state index contributed by atoms with van der Waals surface area (Å²) in [5.74, 6) is 1.44. The number of aromatic nitrogens is 2. The van der Waals surface area contributed by atoms with Crippen molar-refractivity contribution in [2.75, 3.05) is 25.5 Å². The number of hydrogen-bond acceptors (Lipinski definition) is 6. The number of nitrogens with one attached hydrogen (secondary N) is 1. The van der Waals surface area contributed by atoms with Gasteiger partial charge in [-0.1, -0.05) is 36.8 Å². The van der Waals surface area contributed by atoms with E-state index in [1.54, 1.807) is 17.5 Å². The van der Waals surface area contributed by atoms with Crippen LogP contribution in [0.2, 0.25) is 0 Å². The van der Waals surface area contributed by atoms with E-state index in [9.17, 15) is 8.42 Å². The van der Waals surface area contributed by atoms with E-state index < -0.39 is 10.0 Å². The van der Waals surface area contributed by atoms with Gasteiger partial charge in [0.15, 0.2) is 0 Å².